The van der Waals surface area contributed by atoms with Gasteiger partial charge in [0.05, 0.1) is 16.9 Å². The number of carboxylic acids is 1. The molecular formula is C8H7ClN2O2. The predicted molar refractivity (Wildman–Crippen MR) is 48.4 cm³/mol. The molecule has 0 aliphatic carbocycles. The third-order valence-corrected chi connectivity index (χ3v) is 2.25. The Labute approximate surface area is 79.5 Å². The van der Waals surface area contributed by atoms with E-state index in [1.807, 2.05) is 0 Å². The number of rotatable bonds is 1. The van der Waals surface area contributed by atoms with Gasteiger partial charge in [-0.15, -0.1) is 0 Å². The van der Waals surface area contributed by atoms with Crippen LogP contribution in [0, 0.1) is 0 Å². The van der Waals surface area contributed by atoms with Crippen molar-refractivity contribution in [2.24, 2.45) is 0 Å². The minimum atomic E-state index is -1.05. The summed E-state index contributed by atoms with van der Waals surface area (Å²) in [7, 11) is 0. The first kappa shape index (κ1) is 8.31. The monoisotopic (exact) mass is 198 g/mol. The Bertz CT molecular complexity index is 379. The lowest BCUT2D eigenvalue weighted by atomic mass is 10.2. The lowest BCUT2D eigenvalue weighted by Gasteiger charge is -2.02. The first-order valence-corrected chi connectivity index (χ1v) is 4.23. The van der Waals surface area contributed by atoms with Crippen molar-refractivity contribution < 1.29 is 9.90 Å². The highest BCUT2D eigenvalue weighted by Gasteiger charge is 2.18. The van der Waals surface area contributed by atoms with Gasteiger partial charge >= 0.3 is 5.97 Å². The van der Waals surface area contributed by atoms with Crippen molar-refractivity contribution in [3.8, 4) is 0 Å². The number of nitrogens with zero attached hydrogens (tertiary/aromatic N) is 1. The van der Waals surface area contributed by atoms with Gasteiger partial charge in [-0.05, 0) is 6.07 Å². The average Bonchev–Trinajstić information content (AvgIpc) is 2.48. The van der Waals surface area contributed by atoms with E-state index in [1.165, 1.54) is 6.07 Å². The van der Waals surface area contributed by atoms with Crippen LogP contribution in [0.1, 0.15) is 16.1 Å². The maximum Gasteiger partial charge on any atom is 0.338 e. The molecule has 0 bridgehead atoms. The van der Waals surface area contributed by atoms with E-state index in [2.05, 4.69) is 10.3 Å². The predicted octanol–water partition coefficient (Wildman–Crippen LogP) is 1.40. The van der Waals surface area contributed by atoms with E-state index in [1.54, 1.807) is 0 Å². The fourth-order valence-electron chi connectivity index (χ4n) is 1.34. The smallest absolute Gasteiger partial charge is 0.338 e. The Morgan fingerprint density at radius 3 is 3.15 bits per heavy atom. The zero-order valence-corrected chi connectivity index (χ0v) is 7.43. The summed E-state index contributed by atoms with van der Waals surface area (Å²) in [5.41, 5.74) is 1.67. The summed E-state index contributed by atoms with van der Waals surface area (Å²) < 4.78 is 0. The van der Waals surface area contributed by atoms with Crippen molar-refractivity contribution in [3.05, 3.63) is 22.5 Å². The minimum absolute atomic E-state index is 0.0508. The summed E-state index contributed by atoms with van der Waals surface area (Å²) in [5, 5.41) is 11.8. The molecule has 1 aromatic rings. The van der Waals surface area contributed by atoms with Gasteiger partial charge in [0.25, 0.3) is 0 Å². The van der Waals surface area contributed by atoms with Crippen LogP contribution in [0.2, 0.25) is 5.15 Å². The summed E-state index contributed by atoms with van der Waals surface area (Å²) in [5.74, 6) is -1.05. The highest BCUT2D eigenvalue weighted by molar-refractivity contribution is 6.32. The maximum absolute atomic E-state index is 10.7. The number of pyridine rings is 1. The van der Waals surface area contributed by atoms with E-state index in [0.29, 0.717) is 0 Å². The number of hydrogen-bond acceptors (Lipinski definition) is 3. The van der Waals surface area contributed by atoms with Crippen molar-refractivity contribution in [1.82, 2.24) is 4.98 Å². The molecule has 1 aliphatic heterocycles. The SMILES string of the molecule is O=C(O)c1cc2c(nc1Cl)CCN2. The number of nitrogens with one attached hydrogen (secondary N) is 1. The Balaban J connectivity index is 2.55. The summed E-state index contributed by atoms with van der Waals surface area (Å²) in [6.07, 6.45) is 0.801. The van der Waals surface area contributed by atoms with Crippen molar-refractivity contribution in [2.75, 3.05) is 11.9 Å². The average molecular weight is 199 g/mol. The number of hydrogen-bond donors (Lipinski definition) is 2. The van der Waals surface area contributed by atoms with E-state index in [0.717, 1.165) is 24.3 Å². The molecule has 0 aromatic carbocycles. The van der Waals surface area contributed by atoms with Gasteiger partial charge in [0.2, 0.25) is 0 Å². The number of carboxylic acid groups (broad SMARTS) is 1. The summed E-state index contributed by atoms with van der Waals surface area (Å²) >= 11 is 5.68. The largest absolute Gasteiger partial charge is 0.478 e. The molecule has 1 aliphatic rings. The Morgan fingerprint density at radius 1 is 1.69 bits per heavy atom. The topological polar surface area (TPSA) is 62.2 Å². The molecule has 1 aromatic heterocycles. The third kappa shape index (κ3) is 1.33. The van der Waals surface area contributed by atoms with Crippen LogP contribution in [0.25, 0.3) is 0 Å². The van der Waals surface area contributed by atoms with Crippen molar-refractivity contribution in [2.45, 2.75) is 6.42 Å². The zero-order chi connectivity index (χ0) is 9.42. The molecule has 2 heterocycles. The first-order valence-electron chi connectivity index (χ1n) is 3.85. The molecule has 68 valence electrons. The minimum Gasteiger partial charge on any atom is -0.478 e. The van der Waals surface area contributed by atoms with Crippen LogP contribution in [0.3, 0.4) is 0 Å². The van der Waals surface area contributed by atoms with Crippen LogP contribution in [0.5, 0.6) is 0 Å². The number of carbonyl (C=O) groups is 1. The molecule has 0 amide bonds. The quantitative estimate of drug-likeness (QED) is 0.670. The van der Waals surface area contributed by atoms with Gasteiger partial charge < -0.3 is 10.4 Å². The Hall–Kier alpha value is -1.29. The molecule has 5 heteroatoms. The fraction of sp³-hybridized carbons (Fsp3) is 0.250. The molecule has 0 atom stereocenters. The van der Waals surface area contributed by atoms with Crippen molar-refractivity contribution in [1.29, 1.82) is 0 Å². The van der Waals surface area contributed by atoms with Gasteiger partial charge in [-0.1, -0.05) is 11.6 Å². The highest BCUT2D eigenvalue weighted by Crippen LogP contribution is 2.25. The molecule has 0 spiro atoms. The molecule has 0 saturated carbocycles. The van der Waals surface area contributed by atoms with E-state index in [-0.39, 0.29) is 10.7 Å². The van der Waals surface area contributed by atoms with Gasteiger partial charge in [0, 0.05) is 13.0 Å². The van der Waals surface area contributed by atoms with Gasteiger partial charge in [0.15, 0.2) is 0 Å². The fourth-order valence-corrected chi connectivity index (χ4v) is 1.57. The van der Waals surface area contributed by atoms with Crippen LogP contribution in [-0.4, -0.2) is 22.6 Å². The number of aromatic nitrogens is 1. The molecule has 0 saturated heterocycles. The molecule has 0 radical (unpaired) electrons. The molecular weight excluding hydrogens is 192 g/mol. The Morgan fingerprint density at radius 2 is 2.46 bits per heavy atom. The molecule has 0 fully saturated rings. The molecule has 2 rings (SSSR count). The third-order valence-electron chi connectivity index (χ3n) is 1.96. The summed E-state index contributed by atoms with van der Waals surface area (Å²) in [6, 6.07) is 1.53. The van der Waals surface area contributed by atoms with Gasteiger partial charge in [-0.25, -0.2) is 9.78 Å². The van der Waals surface area contributed by atoms with Gasteiger partial charge in [0.1, 0.15) is 5.15 Å². The van der Waals surface area contributed by atoms with E-state index in [9.17, 15) is 4.79 Å². The highest BCUT2D eigenvalue weighted by atomic mass is 35.5. The number of aromatic carboxylic acids is 1. The zero-order valence-electron chi connectivity index (χ0n) is 6.67. The Kier molecular flexibility index (Phi) is 1.84. The van der Waals surface area contributed by atoms with Crippen LogP contribution in [-0.2, 0) is 6.42 Å². The standard InChI is InChI=1S/C8H7ClN2O2/c9-7-4(8(12)13)3-6-5(11-7)1-2-10-6/h3,10H,1-2H2,(H,12,13). The maximum atomic E-state index is 10.7. The van der Waals surface area contributed by atoms with E-state index in [4.69, 9.17) is 16.7 Å². The van der Waals surface area contributed by atoms with Gasteiger partial charge in [-0.2, -0.15) is 0 Å². The van der Waals surface area contributed by atoms with Crippen molar-refractivity contribution in [3.63, 3.8) is 0 Å². The van der Waals surface area contributed by atoms with Crippen LogP contribution in [0.4, 0.5) is 5.69 Å². The number of halogens is 1. The first-order chi connectivity index (χ1) is 6.18. The summed E-state index contributed by atoms with van der Waals surface area (Å²) in [4.78, 5) is 14.7. The lowest BCUT2D eigenvalue weighted by Crippen LogP contribution is -2.01. The van der Waals surface area contributed by atoms with Crippen LogP contribution >= 0.6 is 11.6 Å². The number of anilines is 1. The van der Waals surface area contributed by atoms with E-state index >= 15 is 0 Å². The summed E-state index contributed by atoms with van der Waals surface area (Å²) in [6.45, 7) is 0.793. The second-order valence-electron chi connectivity index (χ2n) is 2.80. The second-order valence-corrected chi connectivity index (χ2v) is 3.16. The molecule has 0 unspecified atom stereocenters. The van der Waals surface area contributed by atoms with Crippen LogP contribution in [0.15, 0.2) is 6.07 Å². The van der Waals surface area contributed by atoms with Crippen molar-refractivity contribution >= 4 is 23.3 Å². The molecule has 4 nitrogen and oxygen atoms in total. The second kappa shape index (κ2) is 2.88. The molecule has 13 heavy (non-hydrogen) atoms. The van der Waals surface area contributed by atoms with Crippen LogP contribution < -0.4 is 5.32 Å². The normalized spacial score (nSPS) is 13.6. The lowest BCUT2D eigenvalue weighted by molar-refractivity contribution is 0.0696. The number of fused-ring (bicyclic) bond motifs is 1. The van der Waals surface area contributed by atoms with E-state index < -0.39 is 5.97 Å². The molecule has 2 N–H and O–H groups in total. The van der Waals surface area contributed by atoms with Gasteiger partial charge in [-0.3, -0.25) is 0 Å².